The molecule has 0 atom stereocenters. The second kappa shape index (κ2) is 1.65. The van der Waals surface area contributed by atoms with Gasteiger partial charge in [-0.2, -0.15) is 0 Å². The van der Waals surface area contributed by atoms with Crippen LogP contribution in [0, 0.1) is 6.07 Å². The molecule has 0 spiro atoms. The van der Waals surface area contributed by atoms with Crippen molar-refractivity contribution < 1.29 is 4.42 Å². The normalized spacial score (nSPS) is 8.57. The molecular weight excluding hydrogens is 88.1 g/mol. The molecular formula is C6H5O. The molecule has 0 aromatic carbocycles. The summed E-state index contributed by atoms with van der Waals surface area (Å²) < 4.78 is 4.81. The summed E-state index contributed by atoms with van der Waals surface area (Å²) in [5.41, 5.74) is 0. The molecule has 1 heterocycles. The molecule has 0 bridgehead atoms. The van der Waals surface area contributed by atoms with E-state index in [-0.39, 0.29) is 0 Å². The van der Waals surface area contributed by atoms with Gasteiger partial charge in [0, 0.05) is 6.07 Å². The number of hydrogen-bond acceptors (Lipinski definition) is 1. The molecule has 1 aromatic heterocycles. The predicted octanol–water partition coefficient (Wildman–Crippen LogP) is 1.72. The maximum absolute atomic E-state index is 4.81. The van der Waals surface area contributed by atoms with E-state index in [9.17, 15) is 0 Å². The SMILES string of the molecule is C=Cc1[c]cco1. The molecule has 0 N–H and O–H groups in total. The maximum Gasteiger partial charge on any atom is 0.134 e. The van der Waals surface area contributed by atoms with Gasteiger partial charge in [0.1, 0.15) is 5.76 Å². The average Bonchev–Trinajstić information content (AvgIpc) is 2.14. The second-order valence-electron chi connectivity index (χ2n) is 1.13. The van der Waals surface area contributed by atoms with Crippen LogP contribution in [0.2, 0.25) is 0 Å². The van der Waals surface area contributed by atoms with Crippen molar-refractivity contribution in [2.45, 2.75) is 0 Å². The van der Waals surface area contributed by atoms with Gasteiger partial charge < -0.3 is 4.42 Å². The minimum absolute atomic E-state index is 0.694. The molecule has 0 amide bonds. The van der Waals surface area contributed by atoms with Gasteiger partial charge in [-0.25, -0.2) is 0 Å². The lowest BCUT2D eigenvalue weighted by molar-refractivity contribution is 0.556. The second-order valence-corrected chi connectivity index (χ2v) is 1.13. The lowest BCUT2D eigenvalue weighted by Gasteiger charge is -1.72. The molecule has 1 nitrogen and oxygen atoms in total. The molecule has 0 saturated heterocycles. The van der Waals surface area contributed by atoms with Gasteiger partial charge in [0.15, 0.2) is 0 Å². The van der Waals surface area contributed by atoms with Crippen molar-refractivity contribution in [3.8, 4) is 0 Å². The predicted molar refractivity (Wildman–Crippen MR) is 27.6 cm³/mol. The zero-order valence-corrected chi connectivity index (χ0v) is 3.85. The number of furan rings is 1. The Morgan fingerprint density at radius 1 is 1.86 bits per heavy atom. The van der Waals surface area contributed by atoms with Crippen LogP contribution in [0.4, 0.5) is 0 Å². The third kappa shape index (κ3) is 0.712. The van der Waals surface area contributed by atoms with Gasteiger partial charge in [0.25, 0.3) is 0 Å². The van der Waals surface area contributed by atoms with E-state index >= 15 is 0 Å². The summed E-state index contributed by atoms with van der Waals surface area (Å²) in [5, 5.41) is 0. The molecule has 0 aliphatic heterocycles. The monoisotopic (exact) mass is 93.0 g/mol. The van der Waals surface area contributed by atoms with E-state index in [0.29, 0.717) is 5.76 Å². The molecule has 0 aliphatic rings. The molecule has 0 saturated carbocycles. The standard InChI is InChI=1S/C6H5O/c1-2-6-4-3-5-7-6/h2-3,5H,1H2. The highest BCUT2D eigenvalue weighted by Gasteiger charge is 1.81. The van der Waals surface area contributed by atoms with Crippen LogP contribution in [-0.2, 0) is 0 Å². The maximum atomic E-state index is 4.81. The summed E-state index contributed by atoms with van der Waals surface area (Å²) >= 11 is 0. The highest BCUT2D eigenvalue weighted by Crippen LogP contribution is 1.97. The third-order valence-corrected chi connectivity index (χ3v) is 0.674. The summed E-state index contributed by atoms with van der Waals surface area (Å²) in [6, 6.07) is 4.51. The largest absolute Gasteiger partial charge is 0.464 e. The molecule has 1 rings (SSSR count). The minimum Gasteiger partial charge on any atom is -0.464 e. The minimum atomic E-state index is 0.694. The summed E-state index contributed by atoms with van der Waals surface area (Å²) in [4.78, 5) is 0. The zero-order valence-electron chi connectivity index (χ0n) is 3.85. The zero-order chi connectivity index (χ0) is 5.11. The van der Waals surface area contributed by atoms with E-state index in [1.54, 1.807) is 18.4 Å². The van der Waals surface area contributed by atoms with Crippen LogP contribution in [-0.4, -0.2) is 0 Å². The first kappa shape index (κ1) is 4.19. The Hall–Kier alpha value is -0.980. The number of hydrogen-bond donors (Lipinski definition) is 0. The van der Waals surface area contributed by atoms with E-state index in [0.717, 1.165) is 0 Å². The average molecular weight is 93.1 g/mol. The van der Waals surface area contributed by atoms with E-state index < -0.39 is 0 Å². The van der Waals surface area contributed by atoms with E-state index in [1.807, 2.05) is 0 Å². The summed E-state index contributed by atoms with van der Waals surface area (Å²) in [5.74, 6) is 0.694. The Morgan fingerprint density at radius 2 is 2.71 bits per heavy atom. The quantitative estimate of drug-likeness (QED) is 0.515. The van der Waals surface area contributed by atoms with Crippen molar-refractivity contribution in [2.75, 3.05) is 0 Å². The smallest absolute Gasteiger partial charge is 0.134 e. The molecule has 0 unspecified atom stereocenters. The Balaban J connectivity index is 2.96. The van der Waals surface area contributed by atoms with Gasteiger partial charge in [0.2, 0.25) is 0 Å². The first-order valence-electron chi connectivity index (χ1n) is 2.01. The molecule has 7 heavy (non-hydrogen) atoms. The van der Waals surface area contributed by atoms with Crippen LogP contribution in [0.25, 0.3) is 6.08 Å². The van der Waals surface area contributed by atoms with Gasteiger partial charge >= 0.3 is 0 Å². The topological polar surface area (TPSA) is 13.1 Å². The lowest BCUT2D eigenvalue weighted by atomic mass is 10.5. The lowest BCUT2D eigenvalue weighted by Crippen LogP contribution is -1.52. The van der Waals surface area contributed by atoms with Crippen molar-refractivity contribution >= 4 is 6.08 Å². The molecule has 1 heteroatoms. The Bertz CT molecular complexity index is 139. The molecule has 1 radical (unpaired) electrons. The van der Waals surface area contributed by atoms with Crippen molar-refractivity contribution in [3.05, 3.63) is 30.7 Å². The van der Waals surface area contributed by atoms with Crippen molar-refractivity contribution in [3.63, 3.8) is 0 Å². The summed E-state index contributed by atoms with van der Waals surface area (Å²) in [6.07, 6.45) is 3.18. The summed E-state index contributed by atoms with van der Waals surface area (Å²) in [7, 11) is 0. The van der Waals surface area contributed by atoms with Gasteiger partial charge in [-0.3, -0.25) is 0 Å². The van der Waals surface area contributed by atoms with E-state index in [2.05, 4.69) is 12.6 Å². The molecule has 35 valence electrons. The fourth-order valence-electron chi connectivity index (χ4n) is 0.365. The van der Waals surface area contributed by atoms with Crippen LogP contribution in [0.1, 0.15) is 5.76 Å². The van der Waals surface area contributed by atoms with Crippen LogP contribution >= 0.6 is 0 Å². The van der Waals surface area contributed by atoms with Crippen LogP contribution < -0.4 is 0 Å². The van der Waals surface area contributed by atoms with Crippen LogP contribution in [0.3, 0.4) is 0 Å². The number of rotatable bonds is 1. The van der Waals surface area contributed by atoms with Crippen molar-refractivity contribution in [2.24, 2.45) is 0 Å². The van der Waals surface area contributed by atoms with Gasteiger partial charge in [-0.05, 0) is 12.1 Å². The third-order valence-electron chi connectivity index (χ3n) is 0.674. The Labute approximate surface area is 42.3 Å². The Morgan fingerprint density at radius 3 is 3.00 bits per heavy atom. The van der Waals surface area contributed by atoms with E-state index in [4.69, 9.17) is 4.42 Å². The van der Waals surface area contributed by atoms with Gasteiger partial charge in [-0.15, -0.1) is 0 Å². The van der Waals surface area contributed by atoms with Crippen LogP contribution in [0.15, 0.2) is 23.3 Å². The Kier molecular flexibility index (Phi) is 0.984. The molecule has 0 aliphatic carbocycles. The molecule has 1 aromatic rings. The van der Waals surface area contributed by atoms with Crippen LogP contribution in [0.5, 0.6) is 0 Å². The highest BCUT2D eigenvalue weighted by atomic mass is 16.3. The fraction of sp³-hybridized carbons (Fsp3) is 0. The first-order chi connectivity index (χ1) is 3.43. The fourth-order valence-corrected chi connectivity index (χ4v) is 0.365. The van der Waals surface area contributed by atoms with Crippen molar-refractivity contribution in [1.29, 1.82) is 0 Å². The molecule has 0 fully saturated rings. The van der Waals surface area contributed by atoms with Gasteiger partial charge in [0.05, 0.1) is 6.26 Å². The highest BCUT2D eigenvalue weighted by molar-refractivity contribution is 5.37. The first-order valence-corrected chi connectivity index (χ1v) is 2.01. The summed E-state index contributed by atoms with van der Waals surface area (Å²) in [6.45, 7) is 3.48. The van der Waals surface area contributed by atoms with Crippen molar-refractivity contribution in [1.82, 2.24) is 0 Å². The van der Waals surface area contributed by atoms with Gasteiger partial charge in [-0.1, -0.05) is 6.58 Å². The van der Waals surface area contributed by atoms with E-state index in [1.165, 1.54) is 0 Å².